The Morgan fingerprint density at radius 3 is 2.67 bits per heavy atom. The van der Waals surface area contributed by atoms with Gasteiger partial charge in [0.15, 0.2) is 5.69 Å². The molecule has 4 rings (SSSR count). The summed E-state index contributed by atoms with van der Waals surface area (Å²) < 4.78 is 13.4. The molecule has 0 saturated carbocycles. The van der Waals surface area contributed by atoms with E-state index in [1.807, 2.05) is 67.1 Å². The predicted octanol–water partition coefficient (Wildman–Crippen LogP) is 4.53. The van der Waals surface area contributed by atoms with Gasteiger partial charge in [0.05, 0.1) is 24.9 Å². The van der Waals surface area contributed by atoms with Gasteiger partial charge in [-0.15, -0.1) is 0 Å². The minimum absolute atomic E-state index is 0.114. The van der Waals surface area contributed by atoms with Gasteiger partial charge in [-0.2, -0.15) is 5.10 Å². The number of hydrogen-bond donors (Lipinski definition) is 1. The molecule has 1 atom stereocenters. The lowest BCUT2D eigenvalue weighted by Crippen LogP contribution is -2.24. The summed E-state index contributed by atoms with van der Waals surface area (Å²) in [7, 11) is 0. The molecule has 0 fully saturated rings. The van der Waals surface area contributed by atoms with E-state index < -0.39 is 0 Å². The second kappa shape index (κ2) is 8.90. The molecule has 2 aromatic carbocycles. The molecular formula is C23H24ClN3O3. The summed E-state index contributed by atoms with van der Waals surface area (Å²) in [6, 6.07) is 17.1. The normalized spacial score (nSPS) is 15.7. The minimum atomic E-state index is -0.206. The maximum atomic E-state index is 12.6. The summed E-state index contributed by atoms with van der Waals surface area (Å²) >= 11 is 5.96. The van der Waals surface area contributed by atoms with Crippen molar-refractivity contribution in [3.63, 3.8) is 0 Å². The Morgan fingerprint density at radius 1 is 1.23 bits per heavy atom. The Morgan fingerprint density at radius 2 is 1.97 bits per heavy atom. The molecule has 30 heavy (non-hydrogen) atoms. The number of ether oxygens (including phenoxy) is 2. The average Bonchev–Trinajstić information content (AvgIpc) is 3.17. The molecule has 3 aromatic rings. The van der Waals surface area contributed by atoms with E-state index in [0.717, 1.165) is 22.6 Å². The lowest BCUT2D eigenvalue weighted by molar-refractivity contribution is -0.00119. The number of benzene rings is 2. The van der Waals surface area contributed by atoms with Crippen molar-refractivity contribution in [3.8, 4) is 5.75 Å². The van der Waals surface area contributed by atoms with E-state index in [-0.39, 0.29) is 18.1 Å². The zero-order chi connectivity index (χ0) is 21.1. The third kappa shape index (κ3) is 4.83. The third-order valence-corrected chi connectivity index (χ3v) is 5.11. The first-order valence-corrected chi connectivity index (χ1v) is 10.3. The number of amides is 1. The molecule has 0 saturated heterocycles. The van der Waals surface area contributed by atoms with E-state index >= 15 is 0 Å². The van der Waals surface area contributed by atoms with Gasteiger partial charge in [-0.1, -0.05) is 35.9 Å². The van der Waals surface area contributed by atoms with Crippen molar-refractivity contribution in [2.75, 3.05) is 0 Å². The predicted molar refractivity (Wildman–Crippen MR) is 115 cm³/mol. The van der Waals surface area contributed by atoms with Crippen molar-refractivity contribution in [2.24, 2.45) is 0 Å². The van der Waals surface area contributed by atoms with Crippen LogP contribution in [0.25, 0.3) is 0 Å². The minimum Gasteiger partial charge on any atom is -0.491 e. The van der Waals surface area contributed by atoms with Crippen LogP contribution in [0.2, 0.25) is 5.02 Å². The molecule has 1 amide bonds. The number of aromatic nitrogens is 2. The van der Waals surface area contributed by atoms with Gasteiger partial charge in [-0.3, -0.25) is 9.48 Å². The van der Waals surface area contributed by atoms with Crippen LogP contribution in [0.1, 0.15) is 47.3 Å². The van der Waals surface area contributed by atoms with Crippen LogP contribution in [-0.2, 0) is 24.4 Å². The van der Waals surface area contributed by atoms with E-state index in [1.54, 1.807) is 6.07 Å². The van der Waals surface area contributed by atoms with Gasteiger partial charge in [0.1, 0.15) is 11.9 Å². The monoisotopic (exact) mass is 425 g/mol. The highest BCUT2D eigenvalue weighted by atomic mass is 35.5. The first kappa shape index (κ1) is 20.4. The molecule has 1 aliphatic rings. The first-order valence-electron chi connectivity index (χ1n) is 9.95. The smallest absolute Gasteiger partial charge is 0.272 e. The molecule has 7 heteroatoms. The van der Waals surface area contributed by atoms with Crippen molar-refractivity contribution in [1.29, 1.82) is 0 Å². The lowest BCUT2D eigenvalue weighted by atomic mass is 10.1. The molecule has 156 valence electrons. The van der Waals surface area contributed by atoms with Crippen LogP contribution in [0.15, 0.2) is 54.6 Å². The molecule has 0 unspecified atom stereocenters. The molecule has 6 nitrogen and oxygen atoms in total. The van der Waals surface area contributed by atoms with Gasteiger partial charge in [0, 0.05) is 11.6 Å². The van der Waals surface area contributed by atoms with Crippen LogP contribution in [-0.4, -0.2) is 21.8 Å². The van der Waals surface area contributed by atoms with Gasteiger partial charge >= 0.3 is 0 Å². The molecule has 1 N–H and O–H groups in total. The van der Waals surface area contributed by atoms with Crippen molar-refractivity contribution in [1.82, 2.24) is 15.1 Å². The highest BCUT2D eigenvalue weighted by Crippen LogP contribution is 2.27. The first-order chi connectivity index (χ1) is 14.5. The fourth-order valence-electron chi connectivity index (χ4n) is 3.35. The highest BCUT2D eigenvalue weighted by Gasteiger charge is 2.24. The van der Waals surface area contributed by atoms with Crippen LogP contribution in [0.5, 0.6) is 5.75 Å². The molecule has 1 aromatic heterocycles. The number of hydrogen-bond acceptors (Lipinski definition) is 4. The SMILES string of the molecule is CC(C)Oc1ccc(CNC(=O)c2cc3n(n2)C[C@@H](c2ccc(Cl)cc2)OC3)cc1. The summed E-state index contributed by atoms with van der Waals surface area (Å²) in [5, 5.41) is 8.09. The summed E-state index contributed by atoms with van der Waals surface area (Å²) in [6.45, 7) is 5.36. The standard InChI is InChI=1S/C23H24ClN3O3/c1-15(2)30-20-9-3-16(4-10-20)12-25-23(28)21-11-19-14-29-22(13-27(19)26-21)17-5-7-18(24)8-6-17/h3-11,15,22H,12-14H2,1-2H3,(H,25,28)/t22-/m0/s1. The summed E-state index contributed by atoms with van der Waals surface area (Å²) in [4.78, 5) is 12.6. The highest BCUT2D eigenvalue weighted by molar-refractivity contribution is 6.30. The van der Waals surface area contributed by atoms with Gasteiger partial charge in [0.25, 0.3) is 5.91 Å². The number of carbonyl (C=O) groups is 1. The molecule has 0 radical (unpaired) electrons. The second-order valence-electron chi connectivity index (χ2n) is 7.55. The number of fused-ring (bicyclic) bond motifs is 1. The zero-order valence-electron chi connectivity index (χ0n) is 17.0. The van der Waals surface area contributed by atoms with E-state index in [9.17, 15) is 4.79 Å². The fourth-order valence-corrected chi connectivity index (χ4v) is 3.47. The van der Waals surface area contributed by atoms with Gasteiger partial charge in [-0.25, -0.2) is 0 Å². The summed E-state index contributed by atoms with van der Waals surface area (Å²) in [6.07, 6.45) is 0.0166. The maximum absolute atomic E-state index is 12.6. The fraction of sp³-hybridized carbons (Fsp3) is 0.304. The molecule has 0 bridgehead atoms. The number of halogens is 1. The Balaban J connectivity index is 1.36. The lowest BCUT2D eigenvalue weighted by Gasteiger charge is -2.24. The van der Waals surface area contributed by atoms with Crippen molar-refractivity contribution < 1.29 is 14.3 Å². The van der Waals surface area contributed by atoms with Crippen LogP contribution in [0.3, 0.4) is 0 Å². The van der Waals surface area contributed by atoms with Crippen LogP contribution >= 0.6 is 11.6 Å². The second-order valence-corrected chi connectivity index (χ2v) is 7.98. The van der Waals surface area contributed by atoms with Crippen molar-refractivity contribution >= 4 is 17.5 Å². The number of nitrogens with zero attached hydrogens (tertiary/aromatic N) is 2. The van der Waals surface area contributed by atoms with Gasteiger partial charge < -0.3 is 14.8 Å². The molecule has 0 spiro atoms. The molecule has 0 aliphatic carbocycles. The number of rotatable bonds is 6. The molecular weight excluding hydrogens is 402 g/mol. The van der Waals surface area contributed by atoms with Gasteiger partial charge in [0.2, 0.25) is 0 Å². The Kier molecular flexibility index (Phi) is 6.06. The van der Waals surface area contributed by atoms with E-state index in [4.69, 9.17) is 21.1 Å². The van der Waals surface area contributed by atoms with Crippen molar-refractivity contribution in [2.45, 2.75) is 45.8 Å². The third-order valence-electron chi connectivity index (χ3n) is 4.86. The topological polar surface area (TPSA) is 65.4 Å². The average molecular weight is 426 g/mol. The van der Waals surface area contributed by atoms with Crippen LogP contribution < -0.4 is 10.1 Å². The largest absolute Gasteiger partial charge is 0.491 e. The summed E-state index contributed by atoms with van der Waals surface area (Å²) in [5.41, 5.74) is 3.32. The van der Waals surface area contributed by atoms with Crippen molar-refractivity contribution in [3.05, 3.63) is 82.1 Å². The Hall–Kier alpha value is -2.83. The maximum Gasteiger partial charge on any atom is 0.272 e. The van der Waals surface area contributed by atoms with E-state index in [1.165, 1.54) is 0 Å². The quantitative estimate of drug-likeness (QED) is 0.630. The molecule has 2 heterocycles. The summed E-state index contributed by atoms with van der Waals surface area (Å²) in [5.74, 6) is 0.611. The van der Waals surface area contributed by atoms with Gasteiger partial charge in [-0.05, 0) is 55.3 Å². The molecule has 1 aliphatic heterocycles. The van der Waals surface area contributed by atoms with Crippen LogP contribution in [0.4, 0.5) is 0 Å². The Labute approximate surface area is 180 Å². The number of carbonyl (C=O) groups excluding carboxylic acids is 1. The zero-order valence-corrected chi connectivity index (χ0v) is 17.7. The van der Waals surface area contributed by atoms with E-state index in [0.29, 0.717) is 30.4 Å². The Bertz CT molecular complexity index is 1010. The van der Waals surface area contributed by atoms with Crippen LogP contribution in [0, 0.1) is 0 Å². The van der Waals surface area contributed by atoms with E-state index in [2.05, 4.69) is 10.4 Å². The number of nitrogens with one attached hydrogen (secondary N) is 1.